The first-order valence-electron chi connectivity index (χ1n) is 7.53. The maximum absolute atomic E-state index is 12.1. The third-order valence-electron chi connectivity index (χ3n) is 3.94. The number of amides is 1. The fraction of sp³-hybridized carbons (Fsp3) is 0.588. The number of nitrogens with one attached hydrogen (secondary N) is 1. The van der Waals surface area contributed by atoms with Gasteiger partial charge in [0.1, 0.15) is 0 Å². The van der Waals surface area contributed by atoms with Gasteiger partial charge in [0.2, 0.25) is 5.91 Å². The van der Waals surface area contributed by atoms with Crippen LogP contribution in [0, 0.1) is 0 Å². The SMILES string of the molecule is CC(C)(C)N1CCCC(NC(=O)Cc2ccccc2)C1. The van der Waals surface area contributed by atoms with Crippen LogP contribution in [0.3, 0.4) is 0 Å². The van der Waals surface area contributed by atoms with Gasteiger partial charge in [-0.15, -0.1) is 0 Å². The molecule has 1 aliphatic heterocycles. The quantitative estimate of drug-likeness (QED) is 0.919. The summed E-state index contributed by atoms with van der Waals surface area (Å²) in [5.41, 5.74) is 1.26. The molecule has 3 nitrogen and oxygen atoms in total. The number of hydrogen-bond donors (Lipinski definition) is 1. The second-order valence-electron chi connectivity index (χ2n) is 6.69. The van der Waals surface area contributed by atoms with Crippen molar-refractivity contribution in [3.63, 3.8) is 0 Å². The summed E-state index contributed by atoms with van der Waals surface area (Å²) < 4.78 is 0. The molecule has 1 heterocycles. The van der Waals surface area contributed by atoms with E-state index in [4.69, 9.17) is 0 Å². The Kier molecular flexibility index (Phi) is 4.81. The molecule has 3 heteroatoms. The van der Waals surface area contributed by atoms with E-state index in [1.165, 1.54) is 0 Å². The molecule has 0 saturated carbocycles. The third-order valence-corrected chi connectivity index (χ3v) is 3.94. The summed E-state index contributed by atoms with van der Waals surface area (Å²) in [5, 5.41) is 3.19. The molecule has 1 amide bonds. The fourth-order valence-corrected chi connectivity index (χ4v) is 2.76. The molecule has 1 aromatic carbocycles. The first-order chi connectivity index (χ1) is 9.45. The molecular formula is C17H26N2O. The van der Waals surface area contributed by atoms with Crippen LogP contribution in [0.1, 0.15) is 39.2 Å². The van der Waals surface area contributed by atoms with Crippen molar-refractivity contribution in [2.24, 2.45) is 0 Å². The number of likely N-dealkylation sites (tertiary alicyclic amines) is 1. The zero-order valence-corrected chi connectivity index (χ0v) is 12.9. The van der Waals surface area contributed by atoms with Crippen molar-refractivity contribution in [1.29, 1.82) is 0 Å². The van der Waals surface area contributed by atoms with Crippen LogP contribution >= 0.6 is 0 Å². The molecule has 1 aromatic rings. The van der Waals surface area contributed by atoms with Gasteiger partial charge in [-0.3, -0.25) is 9.69 Å². The molecule has 1 unspecified atom stereocenters. The standard InChI is InChI=1S/C17H26N2O/c1-17(2,3)19-11-7-10-15(13-19)18-16(20)12-14-8-5-4-6-9-14/h4-6,8-9,15H,7,10-13H2,1-3H3,(H,18,20). The van der Waals surface area contributed by atoms with E-state index in [0.717, 1.165) is 31.5 Å². The Morgan fingerprint density at radius 2 is 2.00 bits per heavy atom. The molecule has 1 atom stereocenters. The van der Waals surface area contributed by atoms with Crippen LogP contribution in [0.25, 0.3) is 0 Å². The zero-order valence-electron chi connectivity index (χ0n) is 12.9. The lowest BCUT2D eigenvalue weighted by Gasteiger charge is -2.41. The number of carbonyl (C=O) groups is 1. The Bertz CT molecular complexity index is 436. The third kappa shape index (κ3) is 4.34. The smallest absolute Gasteiger partial charge is 0.224 e. The van der Waals surface area contributed by atoms with Crippen molar-refractivity contribution in [2.75, 3.05) is 13.1 Å². The number of benzene rings is 1. The zero-order chi connectivity index (χ0) is 14.6. The second kappa shape index (κ2) is 6.40. The lowest BCUT2D eigenvalue weighted by Crippen LogP contribution is -2.53. The summed E-state index contributed by atoms with van der Waals surface area (Å²) in [6.45, 7) is 8.81. The number of hydrogen-bond acceptors (Lipinski definition) is 2. The van der Waals surface area contributed by atoms with Gasteiger partial charge >= 0.3 is 0 Å². The van der Waals surface area contributed by atoms with E-state index in [1.807, 2.05) is 30.3 Å². The molecule has 0 bridgehead atoms. The Balaban J connectivity index is 1.85. The van der Waals surface area contributed by atoms with Crippen LogP contribution in [-0.4, -0.2) is 35.5 Å². The van der Waals surface area contributed by atoms with Gasteiger partial charge in [0.05, 0.1) is 6.42 Å². The number of nitrogens with zero attached hydrogens (tertiary/aromatic N) is 1. The van der Waals surface area contributed by atoms with Crippen LogP contribution in [0.15, 0.2) is 30.3 Å². The second-order valence-corrected chi connectivity index (χ2v) is 6.69. The van der Waals surface area contributed by atoms with E-state index >= 15 is 0 Å². The highest BCUT2D eigenvalue weighted by atomic mass is 16.1. The lowest BCUT2D eigenvalue weighted by molar-refractivity contribution is -0.121. The summed E-state index contributed by atoms with van der Waals surface area (Å²) >= 11 is 0. The van der Waals surface area contributed by atoms with Gasteiger partial charge < -0.3 is 5.32 Å². The molecule has 0 aliphatic carbocycles. The summed E-state index contributed by atoms with van der Waals surface area (Å²) in [4.78, 5) is 14.6. The van der Waals surface area contributed by atoms with Gasteiger partial charge in [0.15, 0.2) is 0 Å². The Hall–Kier alpha value is -1.35. The largest absolute Gasteiger partial charge is 0.352 e. The molecule has 0 aromatic heterocycles. The highest BCUT2D eigenvalue weighted by Gasteiger charge is 2.28. The van der Waals surface area contributed by atoms with Crippen molar-refractivity contribution in [3.05, 3.63) is 35.9 Å². The van der Waals surface area contributed by atoms with Crippen molar-refractivity contribution in [2.45, 2.75) is 51.6 Å². The van der Waals surface area contributed by atoms with E-state index in [-0.39, 0.29) is 11.4 Å². The van der Waals surface area contributed by atoms with Crippen LogP contribution in [-0.2, 0) is 11.2 Å². The maximum Gasteiger partial charge on any atom is 0.224 e. The van der Waals surface area contributed by atoms with Crippen molar-refractivity contribution >= 4 is 5.91 Å². The van der Waals surface area contributed by atoms with Crippen LogP contribution in [0.5, 0.6) is 0 Å². The normalized spacial score (nSPS) is 20.6. The summed E-state index contributed by atoms with van der Waals surface area (Å²) in [6, 6.07) is 10.2. The van der Waals surface area contributed by atoms with Gasteiger partial charge in [-0.2, -0.15) is 0 Å². The van der Waals surface area contributed by atoms with Gasteiger partial charge in [-0.1, -0.05) is 30.3 Å². The van der Waals surface area contributed by atoms with E-state index in [9.17, 15) is 4.79 Å². The first kappa shape index (κ1) is 15.0. The molecule has 1 fully saturated rings. The minimum absolute atomic E-state index is 0.136. The predicted molar refractivity (Wildman–Crippen MR) is 82.6 cm³/mol. The van der Waals surface area contributed by atoms with Crippen LogP contribution in [0.4, 0.5) is 0 Å². The Morgan fingerprint density at radius 3 is 2.65 bits per heavy atom. The van der Waals surface area contributed by atoms with Gasteiger partial charge in [0, 0.05) is 18.1 Å². The van der Waals surface area contributed by atoms with Crippen LogP contribution in [0.2, 0.25) is 0 Å². The molecule has 0 radical (unpaired) electrons. The topological polar surface area (TPSA) is 32.3 Å². The summed E-state index contributed by atoms with van der Waals surface area (Å²) in [7, 11) is 0. The molecule has 20 heavy (non-hydrogen) atoms. The monoisotopic (exact) mass is 274 g/mol. The number of carbonyl (C=O) groups excluding carboxylic acids is 1. The first-order valence-corrected chi connectivity index (χ1v) is 7.53. The summed E-state index contributed by atoms with van der Waals surface area (Å²) in [5.74, 6) is 0.136. The van der Waals surface area contributed by atoms with Gasteiger partial charge in [-0.05, 0) is 45.7 Å². The van der Waals surface area contributed by atoms with Crippen LogP contribution < -0.4 is 5.32 Å². The predicted octanol–water partition coefficient (Wildman–Crippen LogP) is 2.61. The minimum atomic E-state index is 0.136. The number of piperidine rings is 1. The van der Waals surface area contributed by atoms with Crippen molar-refractivity contribution in [3.8, 4) is 0 Å². The average Bonchev–Trinajstić information content (AvgIpc) is 2.39. The fourth-order valence-electron chi connectivity index (χ4n) is 2.76. The Labute approximate surface area is 122 Å². The van der Waals surface area contributed by atoms with Crippen molar-refractivity contribution < 1.29 is 4.79 Å². The van der Waals surface area contributed by atoms with E-state index < -0.39 is 0 Å². The average molecular weight is 274 g/mol. The van der Waals surface area contributed by atoms with E-state index in [1.54, 1.807) is 0 Å². The molecule has 110 valence electrons. The molecule has 1 saturated heterocycles. The minimum Gasteiger partial charge on any atom is -0.352 e. The van der Waals surface area contributed by atoms with Crippen molar-refractivity contribution in [1.82, 2.24) is 10.2 Å². The highest BCUT2D eigenvalue weighted by molar-refractivity contribution is 5.78. The summed E-state index contributed by atoms with van der Waals surface area (Å²) in [6.07, 6.45) is 2.73. The molecular weight excluding hydrogens is 248 g/mol. The number of rotatable bonds is 3. The molecule has 2 rings (SSSR count). The van der Waals surface area contributed by atoms with Gasteiger partial charge in [0.25, 0.3) is 0 Å². The van der Waals surface area contributed by atoms with E-state index in [2.05, 4.69) is 31.0 Å². The van der Waals surface area contributed by atoms with Gasteiger partial charge in [-0.25, -0.2) is 0 Å². The Morgan fingerprint density at radius 1 is 1.30 bits per heavy atom. The maximum atomic E-state index is 12.1. The molecule has 1 N–H and O–H groups in total. The lowest BCUT2D eigenvalue weighted by atomic mass is 9.98. The highest BCUT2D eigenvalue weighted by Crippen LogP contribution is 2.20. The molecule has 1 aliphatic rings. The molecule has 0 spiro atoms. The van der Waals surface area contributed by atoms with E-state index in [0.29, 0.717) is 12.5 Å².